The van der Waals surface area contributed by atoms with E-state index in [-0.39, 0.29) is 22.6 Å². The van der Waals surface area contributed by atoms with Gasteiger partial charge in [-0.25, -0.2) is 0 Å². The van der Waals surface area contributed by atoms with E-state index in [1.165, 1.54) is 32.4 Å². The number of ether oxygens (including phenoxy) is 2. The lowest BCUT2D eigenvalue weighted by atomic mass is 9.92. The van der Waals surface area contributed by atoms with Crippen LogP contribution in [0.4, 0.5) is 18.9 Å². The van der Waals surface area contributed by atoms with Gasteiger partial charge in [-0.05, 0) is 48.5 Å². The van der Waals surface area contributed by atoms with Crippen LogP contribution >= 0.6 is 0 Å². The molecule has 1 heterocycles. The first-order valence-corrected chi connectivity index (χ1v) is 10.4. The van der Waals surface area contributed by atoms with Gasteiger partial charge in [0.15, 0.2) is 11.5 Å². The first kappa shape index (κ1) is 23.9. The minimum absolute atomic E-state index is 0.134. The number of alkyl halides is 3. The lowest BCUT2D eigenvalue weighted by Crippen LogP contribution is -2.31. The summed E-state index contributed by atoms with van der Waals surface area (Å²) in [7, 11) is 2.85. The Morgan fingerprint density at radius 1 is 0.943 bits per heavy atom. The Morgan fingerprint density at radius 2 is 1.63 bits per heavy atom. The lowest BCUT2D eigenvalue weighted by Gasteiger charge is -2.28. The highest BCUT2D eigenvalue weighted by Gasteiger charge is 2.46. The fraction of sp³-hybridized carbons (Fsp3) is 0.154. The SMILES string of the molecule is COc1ccc(C(=O)C2=C(O)C(=O)N(c3cccc(C(F)(F)F)c3)C2c2ccccc2OC)cc1. The zero-order valence-corrected chi connectivity index (χ0v) is 18.7. The molecule has 1 aliphatic heterocycles. The van der Waals surface area contributed by atoms with Crippen molar-refractivity contribution in [1.82, 2.24) is 0 Å². The highest BCUT2D eigenvalue weighted by Crippen LogP contribution is 2.45. The van der Waals surface area contributed by atoms with E-state index in [0.29, 0.717) is 11.3 Å². The molecule has 0 saturated carbocycles. The fourth-order valence-electron chi connectivity index (χ4n) is 4.02. The van der Waals surface area contributed by atoms with E-state index in [1.54, 1.807) is 36.4 Å². The van der Waals surface area contributed by atoms with Crippen molar-refractivity contribution >= 4 is 17.4 Å². The van der Waals surface area contributed by atoms with Crippen molar-refractivity contribution in [2.45, 2.75) is 12.2 Å². The van der Waals surface area contributed by atoms with Gasteiger partial charge in [-0.2, -0.15) is 13.2 Å². The van der Waals surface area contributed by atoms with E-state index in [4.69, 9.17) is 9.47 Å². The molecule has 35 heavy (non-hydrogen) atoms. The van der Waals surface area contributed by atoms with Gasteiger partial charge in [-0.3, -0.25) is 14.5 Å². The molecule has 3 aromatic carbocycles. The van der Waals surface area contributed by atoms with Crippen molar-refractivity contribution in [2.24, 2.45) is 0 Å². The number of halogens is 3. The normalized spacial score (nSPS) is 16.0. The molecule has 1 atom stereocenters. The standard InChI is InChI=1S/C26H20F3NO5/c1-34-18-12-10-15(11-13-18)23(31)21-22(19-8-3-4-9-20(19)35-2)30(25(33)24(21)32)17-7-5-6-16(14-17)26(27,28)29/h3-14,22,32H,1-2H3. The number of amides is 1. The summed E-state index contributed by atoms with van der Waals surface area (Å²) in [6.07, 6.45) is -4.66. The van der Waals surface area contributed by atoms with E-state index < -0.39 is 35.2 Å². The predicted octanol–water partition coefficient (Wildman–Crippen LogP) is 5.51. The van der Waals surface area contributed by atoms with Gasteiger partial charge in [0.2, 0.25) is 0 Å². The van der Waals surface area contributed by atoms with E-state index in [0.717, 1.165) is 23.1 Å². The van der Waals surface area contributed by atoms with Crippen molar-refractivity contribution < 1.29 is 37.3 Å². The number of para-hydroxylation sites is 1. The first-order chi connectivity index (χ1) is 16.7. The van der Waals surface area contributed by atoms with Gasteiger partial charge in [0, 0.05) is 16.8 Å². The van der Waals surface area contributed by atoms with Crippen molar-refractivity contribution in [1.29, 1.82) is 0 Å². The number of hydrogen-bond donors (Lipinski definition) is 1. The molecule has 9 heteroatoms. The van der Waals surface area contributed by atoms with Crippen molar-refractivity contribution in [2.75, 3.05) is 19.1 Å². The zero-order valence-electron chi connectivity index (χ0n) is 18.7. The smallest absolute Gasteiger partial charge is 0.416 e. The van der Waals surface area contributed by atoms with Gasteiger partial charge in [0.1, 0.15) is 11.5 Å². The third-order valence-electron chi connectivity index (χ3n) is 5.69. The summed E-state index contributed by atoms with van der Waals surface area (Å²) in [5.74, 6) is -1.73. The van der Waals surface area contributed by atoms with Crippen LogP contribution in [-0.4, -0.2) is 31.0 Å². The maximum Gasteiger partial charge on any atom is 0.416 e. The van der Waals surface area contributed by atoms with Gasteiger partial charge in [0.05, 0.1) is 31.4 Å². The van der Waals surface area contributed by atoms with Crippen LogP contribution in [0.25, 0.3) is 0 Å². The third-order valence-corrected chi connectivity index (χ3v) is 5.69. The summed E-state index contributed by atoms with van der Waals surface area (Å²) in [6.45, 7) is 0. The summed E-state index contributed by atoms with van der Waals surface area (Å²) in [4.78, 5) is 27.7. The van der Waals surface area contributed by atoms with Crippen LogP contribution in [0, 0.1) is 0 Å². The van der Waals surface area contributed by atoms with Gasteiger partial charge < -0.3 is 14.6 Å². The number of benzene rings is 3. The Hall–Kier alpha value is -4.27. The van der Waals surface area contributed by atoms with Gasteiger partial charge in [-0.1, -0.05) is 24.3 Å². The molecule has 6 nitrogen and oxygen atoms in total. The molecule has 4 rings (SSSR count). The van der Waals surface area contributed by atoms with Crippen LogP contribution in [0.5, 0.6) is 11.5 Å². The molecule has 1 amide bonds. The number of carbonyl (C=O) groups is 2. The lowest BCUT2D eigenvalue weighted by molar-refractivity contribution is -0.137. The van der Waals surface area contributed by atoms with Crippen LogP contribution in [-0.2, 0) is 11.0 Å². The Labute approximate surface area is 198 Å². The Bertz CT molecular complexity index is 1320. The quantitative estimate of drug-likeness (QED) is 0.469. The topological polar surface area (TPSA) is 76.1 Å². The molecule has 0 fully saturated rings. The summed E-state index contributed by atoms with van der Waals surface area (Å²) in [6, 6.07) is 15.4. The zero-order chi connectivity index (χ0) is 25.3. The monoisotopic (exact) mass is 483 g/mol. The summed E-state index contributed by atoms with van der Waals surface area (Å²) in [5, 5.41) is 10.8. The molecular formula is C26H20F3NO5. The van der Waals surface area contributed by atoms with Crippen molar-refractivity contribution in [3.63, 3.8) is 0 Å². The van der Waals surface area contributed by atoms with E-state index in [2.05, 4.69) is 0 Å². The second-order valence-electron chi connectivity index (χ2n) is 7.69. The average molecular weight is 483 g/mol. The molecule has 1 aliphatic rings. The highest BCUT2D eigenvalue weighted by atomic mass is 19.4. The number of aliphatic hydroxyl groups excluding tert-OH is 1. The molecule has 0 saturated heterocycles. The molecule has 0 aromatic heterocycles. The van der Waals surface area contributed by atoms with Gasteiger partial charge in [-0.15, -0.1) is 0 Å². The summed E-state index contributed by atoms with van der Waals surface area (Å²) < 4.78 is 50.7. The van der Waals surface area contributed by atoms with Gasteiger partial charge in [0.25, 0.3) is 5.91 Å². The summed E-state index contributed by atoms with van der Waals surface area (Å²) in [5.41, 5.74) is -0.907. The average Bonchev–Trinajstić information content (AvgIpc) is 3.13. The van der Waals surface area contributed by atoms with Crippen molar-refractivity contribution in [3.05, 3.63) is 101 Å². The number of anilines is 1. The predicted molar refractivity (Wildman–Crippen MR) is 122 cm³/mol. The molecular weight excluding hydrogens is 463 g/mol. The van der Waals surface area contributed by atoms with Crippen LogP contribution in [0.2, 0.25) is 0 Å². The number of Topliss-reactive ketones (excluding diaryl/α,β-unsaturated/α-hetero) is 1. The van der Waals surface area contributed by atoms with E-state index >= 15 is 0 Å². The van der Waals surface area contributed by atoms with Gasteiger partial charge >= 0.3 is 6.18 Å². The van der Waals surface area contributed by atoms with Crippen LogP contribution in [0.1, 0.15) is 27.5 Å². The van der Waals surface area contributed by atoms with E-state index in [1.807, 2.05) is 0 Å². The van der Waals surface area contributed by atoms with Crippen LogP contribution in [0.15, 0.2) is 84.1 Å². The molecule has 0 aliphatic carbocycles. The largest absolute Gasteiger partial charge is 0.503 e. The molecule has 0 spiro atoms. The summed E-state index contributed by atoms with van der Waals surface area (Å²) >= 11 is 0. The Morgan fingerprint density at radius 3 is 2.26 bits per heavy atom. The van der Waals surface area contributed by atoms with Crippen molar-refractivity contribution in [3.8, 4) is 11.5 Å². The number of methoxy groups -OCH3 is 2. The minimum Gasteiger partial charge on any atom is -0.503 e. The number of nitrogens with zero attached hydrogens (tertiary/aromatic N) is 1. The number of aliphatic hydroxyl groups is 1. The number of rotatable bonds is 6. The number of ketones is 1. The van der Waals surface area contributed by atoms with Crippen LogP contribution < -0.4 is 14.4 Å². The molecule has 180 valence electrons. The molecule has 1 N–H and O–H groups in total. The second kappa shape index (κ2) is 9.17. The molecule has 0 radical (unpaired) electrons. The second-order valence-corrected chi connectivity index (χ2v) is 7.69. The maximum atomic E-state index is 13.5. The fourth-order valence-corrected chi connectivity index (χ4v) is 4.02. The Kier molecular flexibility index (Phi) is 6.26. The molecule has 0 bridgehead atoms. The number of hydrogen-bond acceptors (Lipinski definition) is 5. The maximum absolute atomic E-state index is 13.5. The minimum atomic E-state index is -4.66. The van der Waals surface area contributed by atoms with Crippen LogP contribution in [0.3, 0.4) is 0 Å². The first-order valence-electron chi connectivity index (χ1n) is 10.4. The molecule has 3 aromatic rings. The number of carbonyl (C=O) groups excluding carboxylic acids is 2. The van der Waals surface area contributed by atoms with E-state index in [9.17, 15) is 27.9 Å². The highest BCUT2D eigenvalue weighted by molar-refractivity contribution is 6.21. The third kappa shape index (κ3) is 4.32. The molecule has 1 unspecified atom stereocenters. The Balaban J connectivity index is 1.90.